The zero-order chi connectivity index (χ0) is 16.6. The summed E-state index contributed by atoms with van der Waals surface area (Å²) in [5, 5.41) is 0. The van der Waals surface area contributed by atoms with E-state index in [0.717, 1.165) is 22.6 Å². The van der Waals surface area contributed by atoms with Crippen LogP contribution in [0.2, 0.25) is 0 Å². The highest BCUT2D eigenvalue weighted by Gasteiger charge is 2.20. The van der Waals surface area contributed by atoms with Crippen LogP contribution in [0.25, 0.3) is 0 Å². The minimum Gasteiger partial charge on any atom is -0.431 e. The van der Waals surface area contributed by atoms with E-state index in [4.69, 9.17) is 4.74 Å². The average Bonchev–Trinajstić information content (AvgIpc) is 2.33. The molecule has 0 saturated carbocycles. The van der Waals surface area contributed by atoms with Gasteiger partial charge in [0.15, 0.2) is 17.5 Å². The number of halogens is 3. The largest absolute Gasteiger partial charge is 0.431 e. The van der Waals surface area contributed by atoms with Crippen LogP contribution in [-0.2, 0) is 15.6 Å². The number of hydrogen-bond donors (Lipinski definition) is 0. The van der Waals surface area contributed by atoms with E-state index >= 15 is 0 Å². The average molecular weight is 322 g/mol. The lowest BCUT2D eigenvalue weighted by molar-refractivity contribution is -0.0600. The summed E-state index contributed by atoms with van der Waals surface area (Å²) in [6.07, 6.45) is 1.13. The fourth-order valence-electron chi connectivity index (χ4n) is 1.89. The normalized spacial score (nSPS) is 11.5. The molecule has 0 heterocycles. The summed E-state index contributed by atoms with van der Waals surface area (Å²) in [6.45, 7) is 7.70. The molecule has 0 fully saturated rings. The van der Waals surface area contributed by atoms with Gasteiger partial charge in [0, 0.05) is 7.11 Å². The van der Waals surface area contributed by atoms with E-state index in [0.29, 0.717) is 18.4 Å². The summed E-state index contributed by atoms with van der Waals surface area (Å²) >= 11 is 0. The van der Waals surface area contributed by atoms with Crippen molar-refractivity contribution in [2.24, 2.45) is 0 Å². The Morgan fingerprint density at radius 3 is 1.95 bits per heavy atom. The van der Waals surface area contributed by atoms with Gasteiger partial charge in [-0.1, -0.05) is 0 Å². The van der Waals surface area contributed by atoms with Gasteiger partial charge >= 0.3 is 0 Å². The van der Waals surface area contributed by atoms with Crippen LogP contribution < -0.4 is 0 Å². The molecule has 2 nitrogen and oxygen atoms in total. The fourth-order valence-corrected chi connectivity index (χ4v) is 1.89. The number of benzene rings is 1. The lowest BCUT2D eigenvalue weighted by atomic mass is 9.98. The van der Waals surface area contributed by atoms with Crippen LogP contribution in [0.4, 0.5) is 13.2 Å². The third kappa shape index (κ3) is 8.23. The Morgan fingerprint density at radius 1 is 1.14 bits per heavy atom. The smallest absolute Gasteiger partial charge is 0.194 e. The van der Waals surface area contributed by atoms with Gasteiger partial charge in [-0.15, -0.1) is 0 Å². The molecule has 1 rings (SSSR count). The molecule has 0 aliphatic rings. The number of aryl methyl sites for hydroxylation is 1. The van der Waals surface area contributed by atoms with Crippen molar-refractivity contribution in [1.82, 2.24) is 0 Å². The van der Waals surface area contributed by atoms with Crippen LogP contribution in [0.15, 0.2) is 12.1 Å². The van der Waals surface area contributed by atoms with Crippen LogP contribution in [0.3, 0.4) is 0 Å². The van der Waals surface area contributed by atoms with Gasteiger partial charge in [0.2, 0.25) is 0 Å². The molecule has 21 heavy (non-hydrogen) atoms. The third-order valence-electron chi connectivity index (χ3n) is 2.61. The maximum Gasteiger partial charge on any atom is 0.194 e. The van der Waals surface area contributed by atoms with Crippen LogP contribution in [-0.4, -0.2) is 29.3 Å². The van der Waals surface area contributed by atoms with Crippen molar-refractivity contribution in [3.05, 3.63) is 35.1 Å². The van der Waals surface area contributed by atoms with Crippen molar-refractivity contribution in [3.8, 4) is 0 Å². The molecule has 122 valence electrons. The van der Waals surface area contributed by atoms with Crippen molar-refractivity contribution < 1.29 is 22.3 Å². The molecule has 0 saturated heterocycles. The first-order valence-electron chi connectivity index (χ1n) is 6.84. The quantitative estimate of drug-likeness (QED) is 0.612. The number of ether oxygens (including phenoxy) is 1. The second-order valence-electron chi connectivity index (χ2n) is 5.71. The van der Waals surface area contributed by atoms with Gasteiger partial charge in [-0.05, 0) is 58.2 Å². The molecule has 0 N–H and O–H groups in total. The molecular formula is C15H25F3O2Si. The summed E-state index contributed by atoms with van der Waals surface area (Å²) in [6, 6.07) is 2.06. The van der Waals surface area contributed by atoms with E-state index in [1.807, 2.05) is 27.7 Å². The highest BCUT2D eigenvalue weighted by atomic mass is 28.2. The van der Waals surface area contributed by atoms with Gasteiger partial charge < -0.3 is 9.16 Å². The van der Waals surface area contributed by atoms with Crippen LogP contribution in [0.1, 0.15) is 39.7 Å². The van der Waals surface area contributed by atoms with Gasteiger partial charge in [-0.3, -0.25) is 0 Å². The molecule has 0 spiro atoms. The molecule has 0 atom stereocenters. The number of rotatable bonds is 5. The fraction of sp³-hybridized carbons (Fsp3) is 0.600. The molecule has 0 aliphatic heterocycles. The predicted molar refractivity (Wildman–Crippen MR) is 81.9 cm³/mol. The molecule has 0 amide bonds. The predicted octanol–water partition coefficient (Wildman–Crippen LogP) is 3.15. The van der Waals surface area contributed by atoms with E-state index in [-0.39, 0.29) is 11.7 Å². The minimum absolute atomic E-state index is 0.0849. The van der Waals surface area contributed by atoms with E-state index in [1.54, 1.807) is 7.11 Å². The summed E-state index contributed by atoms with van der Waals surface area (Å²) < 4.78 is 48.9. The van der Waals surface area contributed by atoms with Gasteiger partial charge in [-0.25, -0.2) is 13.2 Å². The Kier molecular flexibility index (Phi) is 8.85. The van der Waals surface area contributed by atoms with Crippen LogP contribution in [0.5, 0.6) is 0 Å². The Balaban J connectivity index is 0.00000122. The first-order chi connectivity index (χ1) is 9.62. The van der Waals surface area contributed by atoms with Crippen molar-refractivity contribution in [3.63, 3.8) is 0 Å². The van der Waals surface area contributed by atoms with Crippen molar-refractivity contribution in [1.29, 1.82) is 0 Å². The van der Waals surface area contributed by atoms with E-state index < -0.39 is 17.5 Å². The molecule has 0 bridgehead atoms. The maximum atomic E-state index is 13.0. The minimum atomic E-state index is -1.42. The topological polar surface area (TPSA) is 18.5 Å². The number of hydrogen-bond acceptors (Lipinski definition) is 2. The molecule has 0 aromatic heterocycles. The molecule has 1 aromatic carbocycles. The van der Waals surface area contributed by atoms with Gasteiger partial charge in [0.05, 0.1) is 11.7 Å². The van der Waals surface area contributed by atoms with E-state index in [9.17, 15) is 13.2 Å². The maximum absolute atomic E-state index is 13.0. The van der Waals surface area contributed by atoms with Crippen molar-refractivity contribution in [2.45, 2.75) is 52.2 Å². The van der Waals surface area contributed by atoms with Crippen molar-refractivity contribution >= 4 is 10.5 Å². The molecule has 0 aliphatic carbocycles. The zero-order valence-corrected chi connectivity index (χ0v) is 15.6. The first kappa shape index (κ1) is 20.1. The zero-order valence-electron chi connectivity index (χ0n) is 13.6. The summed E-state index contributed by atoms with van der Waals surface area (Å²) in [7, 11) is 2.56. The highest BCUT2D eigenvalue weighted by Crippen LogP contribution is 2.21. The van der Waals surface area contributed by atoms with Gasteiger partial charge in [0.25, 0.3) is 0 Å². The summed E-state index contributed by atoms with van der Waals surface area (Å²) in [5.41, 5.74) is 0.0574. The van der Waals surface area contributed by atoms with E-state index in [2.05, 4.69) is 4.43 Å². The molecule has 6 heteroatoms. The summed E-state index contributed by atoms with van der Waals surface area (Å²) in [4.78, 5) is 0. The van der Waals surface area contributed by atoms with Crippen LogP contribution >= 0.6 is 0 Å². The molecule has 1 aromatic rings. The Morgan fingerprint density at radius 2 is 1.57 bits per heavy atom. The lowest BCUT2D eigenvalue weighted by Gasteiger charge is -2.27. The van der Waals surface area contributed by atoms with E-state index in [1.165, 1.54) is 0 Å². The van der Waals surface area contributed by atoms with Gasteiger partial charge in [-0.2, -0.15) is 0 Å². The molecular weight excluding hydrogens is 297 g/mol. The SMILES string of the molecule is CC(C)OC(C)(C)CCc1cc(F)c(F)c(F)c1.CO[SiH3]. The monoisotopic (exact) mass is 322 g/mol. The Labute approximate surface area is 128 Å². The molecule has 0 radical (unpaired) electrons. The third-order valence-corrected chi connectivity index (χ3v) is 2.61. The second kappa shape index (κ2) is 9.22. The van der Waals surface area contributed by atoms with Crippen molar-refractivity contribution in [2.75, 3.05) is 7.11 Å². The lowest BCUT2D eigenvalue weighted by Crippen LogP contribution is -2.28. The Hall–Kier alpha value is -0.853. The highest BCUT2D eigenvalue weighted by molar-refractivity contribution is 5.97. The molecule has 0 unspecified atom stereocenters. The Bertz CT molecular complexity index is 414. The van der Waals surface area contributed by atoms with Crippen LogP contribution in [0, 0.1) is 17.5 Å². The standard InChI is InChI=1S/C14H19F3O.CH6OSi/c1-9(2)18-14(3,4)6-5-10-7-11(15)13(17)12(16)8-10;1-2-3/h7-9H,5-6H2,1-4H3;1,3H3. The second-order valence-corrected chi connectivity index (χ2v) is 6.52. The summed E-state index contributed by atoms with van der Waals surface area (Å²) in [5.74, 6) is -3.71. The first-order valence-corrected chi connectivity index (χ1v) is 7.66. The van der Waals surface area contributed by atoms with Gasteiger partial charge in [0.1, 0.15) is 10.5 Å².